The summed E-state index contributed by atoms with van der Waals surface area (Å²) in [7, 11) is 0. The van der Waals surface area contributed by atoms with E-state index in [4.69, 9.17) is 4.74 Å². The number of hydrogen-bond donors (Lipinski definition) is 1. The van der Waals surface area contributed by atoms with Crippen molar-refractivity contribution in [3.05, 3.63) is 0 Å². The molecule has 1 aliphatic carbocycles. The minimum absolute atomic E-state index is 0.0785. The van der Waals surface area contributed by atoms with Crippen LogP contribution >= 0.6 is 0 Å². The second-order valence-corrected chi connectivity index (χ2v) is 5.47. The Morgan fingerprint density at radius 2 is 2.13 bits per heavy atom. The highest BCUT2D eigenvalue weighted by atomic mass is 16.5. The first-order valence-corrected chi connectivity index (χ1v) is 6.34. The number of nitrogens with zero attached hydrogens (tertiary/aromatic N) is 1. The third kappa shape index (κ3) is 1.81. The Kier molecular flexibility index (Phi) is 2.49. The Bertz CT molecular complexity index is 240. The van der Waals surface area contributed by atoms with Crippen LogP contribution in [0.1, 0.15) is 38.5 Å². The van der Waals surface area contributed by atoms with Crippen molar-refractivity contribution in [2.24, 2.45) is 0 Å². The van der Waals surface area contributed by atoms with Crippen molar-refractivity contribution < 1.29 is 9.84 Å². The maximum Gasteiger partial charge on any atom is 0.0697 e. The zero-order valence-corrected chi connectivity index (χ0v) is 9.32. The van der Waals surface area contributed by atoms with Crippen LogP contribution in [-0.4, -0.2) is 47.4 Å². The van der Waals surface area contributed by atoms with Gasteiger partial charge >= 0.3 is 0 Å². The summed E-state index contributed by atoms with van der Waals surface area (Å²) in [5.41, 5.74) is 0.246. The van der Waals surface area contributed by atoms with Crippen molar-refractivity contribution in [3.63, 3.8) is 0 Å². The predicted octanol–water partition coefficient (Wildman–Crippen LogP) is 1.15. The van der Waals surface area contributed by atoms with E-state index in [0.29, 0.717) is 6.04 Å². The lowest BCUT2D eigenvalue weighted by Gasteiger charge is -2.49. The number of aliphatic hydroxyl groups is 1. The fraction of sp³-hybridized carbons (Fsp3) is 1.00. The average molecular weight is 211 g/mol. The molecule has 86 valence electrons. The van der Waals surface area contributed by atoms with Crippen LogP contribution in [0.5, 0.6) is 0 Å². The van der Waals surface area contributed by atoms with Crippen molar-refractivity contribution in [1.29, 1.82) is 0 Å². The van der Waals surface area contributed by atoms with E-state index >= 15 is 0 Å². The van der Waals surface area contributed by atoms with E-state index in [1.54, 1.807) is 0 Å². The summed E-state index contributed by atoms with van der Waals surface area (Å²) in [6.07, 6.45) is 7.12. The van der Waals surface area contributed by atoms with E-state index in [9.17, 15) is 5.11 Å². The number of β-amino-alcohol motifs (C(OH)–C–C–N with tert-alkyl or cyclic N) is 1. The van der Waals surface area contributed by atoms with Crippen LogP contribution in [0.3, 0.4) is 0 Å². The van der Waals surface area contributed by atoms with Gasteiger partial charge in [-0.15, -0.1) is 0 Å². The highest BCUT2D eigenvalue weighted by Crippen LogP contribution is 2.43. The summed E-state index contributed by atoms with van der Waals surface area (Å²) in [6, 6.07) is 0.677. The van der Waals surface area contributed by atoms with Gasteiger partial charge < -0.3 is 9.84 Å². The lowest BCUT2D eigenvalue weighted by molar-refractivity contribution is -0.147. The van der Waals surface area contributed by atoms with Gasteiger partial charge in [0.15, 0.2) is 0 Å². The molecule has 3 rings (SSSR count). The molecule has 0 amide bonds. The Morgan fingerprint density at radius 3 is 2.73 bits per heavy atom. The number of aliphatic hydroxyl groups excluding tert-OH is 1. The summed E-state index contributed by atoms with van der Waals surface area (Å²) in [6.45, 7) is 2.90. The van der Waals surface area contributed by atoms with Crippen LogP contribution < -0.4 is 0 Å². The van der Waals surface area contributed by atoms with Gasteiger partial charge in [-0.25, -0.2) is 0 Å². The van der Waals surface area contributed by atoms with E-state index in [-0.39, 0.29) is 11.7 Å². The zero-order valence-electron chi connectivity index (χ0n) is 9.32. The van der Waals surface area contributed by atoms with E-state index in [1.165, 1.54) is 25.7 Å². The van der Waals surface area contributed by atoms with Crippen LogP contribution in [0.15, 0.2) is 0 Å². The van der Waals surface area contributed by atoms with Crippen molar-refractivity contribution in [2.75, 3.05) is 19.7 Å². The van der Waals surface area contributed by atoms with E-state index in [2.05, 4.69) is 4.90 Å². The van der Waals surface area contributed by atoms with Gasteiger partial charge in [0.05, 0.1) is 11.7 Å². The van der Waals surface area contributed by atoms with Gasteiger partial charge in [0.2, 0.25) is 0 Å². The molecule has 2 aliphatic heterocycles. The molecule has 15 heavy (non-hydrogen) atoms. The Balaban J connectivity index is 1.61. The summed E-state index contributed by atoms with van der Waals surface area (Å²) in [4.78, 5) is 2.48. The van der Waals surface area contributed by atoms with Gasteiger partial charge in [0, 0.05) is 25.7 Å². The molecule has 3 aliphatic rings. The molecular weight excluding hydrogens is 190 g/mol. The SMILES string of the molecule is O[C@H]1CCN(C2CCOC3(CCC3)C2)C1. The molecule has 0 aromatic heterocycles. The first-order valence-electron chi connectivity index (χ1n) is 6.34. The second-order valence-electron chi connectivity index (χ2n) is 5.47. The van der Waals surface area contributed by atoms with E-state index < -0.39 is 0 Å². The Morgan fingerprint density at radius 1 is 1.27 bits per heavy atom. The van der Waals surface area contributed by atoms with Gasteiger partial charge in [0.25, 0.3) is 0 Å². The molecule has 1 saturated carbocycles. The van der Waals surface area contributed by atoms with Crippen molar-refractivity contribution in [2.45, 2.75) is 56.3 Å². The minimum Gasteiger partial charge on any atom is -0.392 e. The molecule has 1 unspecified atom stereocenters. The normalized spacial score (nSPS) is 40.6. The molecule has 0 radical (unpaired) electrons. The maximum absolute atomic E-state index is 9.56. The van der Waals surface area contributed by atoms with Crippen LogP contribution in [0.4, 0.5) is 0 Å². The molecule has 3 nitrogen and oxygen atoms in total. The molecule has 1 spiro atoms. The molecule has 2 heterocycles. The molecule has 0 bridgehead atoms. The smallest absolute Gasteiger partial charge is 0.0697 e. The molecule has 2 saturated heterocycles. The maximum atomic E-state index is 9.56. The Labute approximate surface area is 91.4 Å². The summed E-state index contributed by atoms with van der Waals surface area (Å²) in [5.74, 6) is 0. The largest absolute Gasteiger partial charge is 0.392 e. The molecule has 0 aromatic carbocycles. The van der Waals surface area contributed by atoms with Crippen LogP contribution in [0.25, 0.3) is 0 Å². The number of ether oxygens (including phenoxy) is 1. The first-order chi connectivity index (χ1) is 7.27. The summed E-state index contributed by atoms with van der Waals surface area (Å²) < 4.78 is 5.93. The molecular formula is C12H21NO2. The van der Waals surface area contributed by atoms with Gasteiger partial charge in [-0.05, 0) is 38.5 Å². The topological polar surface area (TPSA) is 32.7 Å². The van der Waals surface area contributed by atoms with E-state index in [0.717, 1.165) is 32.5 Å². The highest BCUT2D eigenvalue weighted by Gasteiger charge is 2.44. The fourth-order valence-electron chi connectivity index (χ4n) is 3.33. The zero-order chi connectivity index (χ0) is 10.3. The highest BCUT2D eigenvalue weighted by molar-refractivity contribution is 4.97. The predicted molar refractivity (Wildman–Crippen MR) is 57.8 cm³/mol. The third-order valence-electron chi connectivity index (χ3n) is 4.44. The van der Waals surface area contributed by atoms with Gasteiger partial charge in [-0.2, -0.15) is 0 Å². The molecule has 2 atom stereocenters. The minimum atomic E-state index is -0.0785. The van der Waals surface area contributed by atoms with Crippen LogP contribution in [-0.2, 0) is 4.74 Å². The number of rotatable bonds is 1. The average Bonchev–Trinajstić information content (AvgIpc) is 2.63. The Hall–Kier alpha value is -0.120. The van der Waals surface area contributed by atoms with Crippen molar-refractivity contribution in [3.8, 4) is 0 Å². The summed E-state index contributed by atoms with van der Waals surface area (Å²) in [5, 5.41) is 9.56. The third-order valence-corrected chi connectivity index (χ3v) is 4.44. The lowest BCUT2D eigenvalue weighted by atomic mass is 9.73. The molecule has 0 aromatic rings. The molecule has 3 heteroatoms. The van der Waals surface area contributed by atoms with Gasteiger partial charge in [0.1, 0.15) is 0 Å². The van der Waals surface area contributed by atoms with Crippen molar-refractivity contribution >= 4 is 0 Å². The van der Waals surface area contributed by atoms with E-state index in [1.807, 2.05) is 0 Å². The number of hydrogen-bond acceptors (Lipinski definition) is 3. The fourth-order valence-corrected chi connectivity index (χ4v) is 3.33. The first kappa shape index (κ1) is 10.1. The quantitative estimate of drug-likeness (QED) is 0.706. The number of likely N-dealkylation sites (tertiary alicyclic amines) is 1. The molecule has 3 fully saturated rings. The van der Waals surface area contributed by atoms with Crippen LogP contribution in [0.2, 0.25) is 0 Å². The second kappa shape index (κ2) is 3.72. The molecule has 1 N–H and O–H groups in total. The summed E-state index contributed by atoms with van der Waals surface area (Å²) >= 11 is 0. The lowest BCUT2D eigenvalue weighted by Crippen LogP contribution is -2.51. The van der Waals surface area contributed by atoms with Gasteiger partial charge in [-0.3, -0.25) is 4.90 Å². The van der Waals surface area contributed by atoms with Crippen LogP contribution in [0, 0.1) is 0 Å². The van der Waals surface area contributed by atoms with Crippen molar-refractivity contribution in [1.82, 2.24) is 4.90 Å². The standard InChI is InChI=1S/C12H21NO2/c14-11-2-6-13(9-11)10-3-7-15-12(8-10)4-1-5-12/h10-11,14H,1-9H2/t10?,11-/m0/s1. The monoisotopic (exact) mass is 211 g/mol. The van der Waals surface area contributed by atoms with Gasteiger partial charge in [-0.1, -0.05) is 0 Å².